The molecule has 0 aliphatic heterocycles. The maximum absolute atomic E-state index is 11.5. The minimum absolute atomic E-state index is 0.298. The van der Waals surface area contributed by atoms with Gasteiger partial charge in [0.15, 0.2) is 5.69 Å². The van der Waals surface area contributed by atoms with E-state index >= 15 is 0 Å². The number of carbonyl (C=O) groups is 2. The van der Waals surface area contributed by atoms with Crippen molar-refractivity contribution < 1.29 is 19.2 Å². The lowest BCUT2D eigenvalue weighted by atomic mass is 10.1. The summed E-state index contributed by atoms with van der Waals surface area (Å²) in [7, 11) is 1.33. The van der Waals surface area contributed by atoms with Crippen LogP contribution in [0.5, 0.6) is 0 Å². The molecule has 1 amide bonds. The lowest BCUT2D eigenvalue weighted by Gasteiger charge is -2.26. The Morgan fingerprint density at radius 1 is 1.29 bits per heavy atom. The van der Waals surface area contributed by atoms with Gasteiger partial charge in [0.2, 0.25) is 6.41 Å². The van der Waals surface area contributed by atoms with Gasteiger partial charge in [0.25, 0.3) is 0 Å². The van der Waals surface area contributed by atoms with E-state index in [2.05, 4.69) is 9.72 Å². The molecule has 24 heavy (non-hydrogen) atoms. The number of benzene rings is 1. The number of methoxy groups -OCH3 is 1. The third kappa shape index (κ3) is 4.87. The molecule has 0 aliphatic rings. The summed E-state index contributed by atoms with van der Waals surface area (Å²) in [4.78, 5) is 32.4. The van der Waals surface area contributed by atoms with Crippen LogP contribution in [0, 0.1) is 0 Å². The van der Waals surface area contributed by atoms with Gasteiger partial charge in [0.05, 0.1) is 19.3 Å². The first kappa shape index (κ1) is 18.1. The molecule has 1 heterocycles. The zero-order chi connectivity index (χ0) is 17.7. The first-order chi connectivity index (χ1) is 11.3. The quantitative estimate of drug-likeness (QED) is 0.455. The normalized spacial score (nSPS) is 11.2. The highest BCUT2D eigenvalue weighted by Crippen LogP contribution is 2.24. The second-order valence-electron chi connectivity index (χ2n) is 6.11. The molecule has 2 aromatic rings. The number of ether oxygens (including phenoxy) is 1. The third-order valence-corrected chi connectivity index (χ3v) is 3.84. The molecule has 6 nitrogen and oxygen atoms in total. The molecule has 1 aromatic carbocycles. The Morgan fingerprint density at radius 2 is 1.96 bits per heavy atom. The number of hydrogen-bond donors (Lipinski definition) is 0. The van der Waals surface area contributed by atoms with Crippen molar-refractivity contribution in [3.63, 3.8) is 0 Å². The summed E-state index contributed by atoms with van der Waals surface area (Å²) in [6, 6.07) is 7.60. The summed E-state index contributed by atoms with van der Waals surface area (Å²) >= 11 is 1.38. The molecule has 0 radical (unpaired) electrons. The average molecular weight is 348 g/mol. The average Bonchev–Trinajstić information content (AvgIpc) is 3.03. The van der Waals surface area contributed by atoms with Crippen molar-refractivity contribution in [1.29, 1.82) is 0 Å². The maximum atomic E-state index is 11.5. The van der Waals surface area contributed by atoms with Crippen LogP contribution in [-0.2, 0) is 20.9 Å². The molecule has 1 aromatic heterocycles. The summed E-state index contributed by atoms with van der Waals surface area (Å²) in [6.07, 6.45) is 0.669. The van der Waals surface area contributed by atoms with E-state index in [1.165, 1.54) is 23.5 Å². The fourth-order valence-electron chi connectivity index (χ4n) is 1.98. The van der Waals surface area contributed by atoms with Crippen molar-refractivity contribution in [1.82, 2.24) is 10.0 Å². The third-order valence-electron chi connectivity index (χ3n) is 2.95. The van der Waals surface area contributed by atoms with Gasteiger partial charge in [-0.2, -0.15) is 0 Å². The Morgan fingerprint density at radius 3 is 2.50 bits per heavy atom. The molecular formula is C17H20N2O4S. The van der Waals surface area contributed by atoms with E-state index < -0.39 is 11.6 Å². The van der Waals surface area contributed by atoms with Crippen LogP contribution in [0.1, 0.15) is 36.8 Å². The van der Waals surface area contributed by atoms with Crippen molar-refractivity contribution in [2.24, 2.45) is 0 Å². The van der Waals surface area contributed by atoms with Crippen LogP contribution in [0.4, 0.5) is 0 Å². The number of rotatable bonds is 6. The molecule has 128 valence electrons. The molecule has 0 N–H and O–H groups in total. The predicted octanol–water partition coefficient (Wildman–Crippen LogP) is 3.29. The van der Waals surface area contributed by atoms with Crippen LogP contribution in [0.2, 0.25) is 0 Å². The number of nitrogens with zero attached hydrogens (tertiary/aromatic N) is 2. The second kappa shape index (κ2) is 7.55. The van der Waals surface area contributed by atoms with E-state index in [4.69, 9.17) is 4.84 Å². The Labute approximate surface area is 145 Å². The fourth-order valence-corrected chi connectivity index (χ4v) is 2.78. The smallest absolute Gasteiger partial charge is 0.357 e. The Hall–Kier alpha value is -2.25. The first-order valence-electron chi connectivity index (χ1n) is 7.36. The molecule has 0 aliphatic carbocycles. The van der Waals surface area contributed by atoms with Crippen LogP contribution in [0.3, 0.4) is 0 Å². The number of carbonyl (C=O) groups excluding carboxylic acids is 2. The number of aromatic nitrogens is 1. The van der Waals surface area contributed by atoms with Crippen LogP contribution in [0.25, 0.3) is 10.6 Å². The summed E-state index contributed by atoms with van der Waals surface area (Å²) < 4.78 is 4.65. The van der Waals surface area contributed by atoms with Crippen LogP contribution >= 0.6 is 11.3 Å². The molecule has 0 saturated carbocycles. The van der Waals surface area contributed by atoms with Gasteiger partial charge in [-0.3, -0.25) is 9.63 Å². The summed E-state index contributed by atoms with van der Waals surface area (Å²) in [5.41, 5.74) is 1.69. The predicted molar refractivity (Wildman–Crippen MR) is 91.3 cm³/mol. The fraction of sp³-hybridized carbons (Fsp3) is 0.353. The van der Waals surface area contributed by atoms with E-state index in [-0.39, 0.29) is 0 Å². The lowest BCUT2D eigenvalue weighted by Crippen LogP contribution is -2.32. The summed E-state index contributed by atoms with van der Waals surface area (Å²) in [5.74, 6) is -0.449. The Kier molecular flexibility index (Phi) is 5.69. The number of esters is 1. The molecule has 2 rings (SSSR count). The van der Waals surface area contributed by atoms with E-state index in [1.54, 1.807) is 5.38 Å². The van der Waals surface area contributed by atoms with Gasteiger partial charge in [-0.05, 0) is 26.3 Å². The zero-order valence-corrected chi connectivity index (χ0v) is 14.9. The van der Waals surface area contributed by atoms with Crippen LogP contribution in [0.15, 0.2) is 29.6 Å². The highest BCUT2D eigenvalue weighted by molar-refractivity contribution is 7.13. The van der Waals surface area contributed by atoms with Crippen molar-refractivity contribution in [2.75, 3.05) is 7.11 Å². The number of thiazole rings is 1. The topological polar surface area (TPSA) is 68.7 Å². The zero-order valence-electron chi connectivity index (χ0n) is 14.1. The Balaban J connectivity index is 2.08. The molecule has 0 bridgehead atoms. The van der Waals surface area contributed by atoms with Crippen molar-refractivity contribution in [3.05, 3.63) is 40.9 Å². The SMILES string of the molecule is COC(=O)c1csc(-c2ccc(CN(C=O)OC(C)(C)C)cc2)n1. The summed E-state index contributed by atoms with van der Waals surface area (Å²) in [5, 5.41) is 3.67. The largest absolute Gasteiger partial charge is 0.464 e. The minimum Gasteiger partial charge on any atom is -0.464 e. The highest BCUT2D eigenvalue weighted by Gasteiger charge is 2.16. The van der Waals surface area contributed by atoms with E-state index in [0.717, 1.165) is 16.1 Å². The van der Waals surface area contributed by atoms with Crippen molar-refractivity contribution >= 4 is 23.7 Å². The van der Waals surface area contributed by atoms with Crippen molar-refractivity contribution in [2.45, 2.75) is 32.9 Å². The monoisotopic (exact) mass is 348 g/mol. The molecule has 0 spiro atoms. The van der Waals surface area contributed by atoms with Gasteiger partial charge < -0.3 is 4.74 Å². The highest BCUT2D eigenvalue weighted by atomic mass is 32.1. The molecule has 0 fully saturated rings. The molecule has 0 unspecified atom stereocenters. The number of amides is 1. The van der Waals surface area contributed by atoms with Crippen molar-refractivity contribution in [3.8, 4) is 10.6 Å². The van der Waals surface area contributed by atoms with Gasteiger partial charge in [-0.25, -0.2) is 14.8 Å². The molecule has 7 heteroatoms. The standard InChI is InChI=1S/C17H20N2O4S/c1-17(2,3)23-19(11-20)9-12-5-7-13(8-6-12)15-18-14(10-24-15)16(21)22-4/h5-8,10-11H,9H2,1-4H3. The summed E-state index contributed by atoms with van der Waals surface area (Å²) in [6.45, 7) is 6.00. The lowest BCUT2D eigenvalue weighted by molar-refractivity contribution is -0.220. The molecular weight excluding hydrogens is 328 g/mol. The van der Waals surface area contributed by atoms with E-state index in [9.17, 15) is 9.59 Å². The second-order valence-corrected chi connectivity index (χ2v) is 6.97. The molecule has 0 saturated heterocycles. The van der Waals surface area contributed by atoms with Crippen LogP contribution < -0.4 is 0 Å². The van der Waals surface area contributed by atoms with Gasteiger partial charge >= 0.3 is 5.97 Å². The van der Waals surface area contributed by atoms with E-state index in [0.29, 0.717) is 18.6 Å². The van der Waals surface area contributed by atoms with Crippen LogP contribution in [-0.4, -0.2) is 35.1 Å². The van der Waals surface area contributed by atoms with Gasteiger partial charge in [-0.1, -0.05) is 24.3 Å². The minimum atomic E-state index is -0.449. The maximum Gasteiger partial charge on any atom is 0.357 e. The van der Waals surface area contributed by atoms with Gasteiger partial charge in [-0.15, -0.1) is 11.3 Å². The number of hydrogen-bond acceptors (Lipinski definition) is 6. The number of hydroxylamine groups is 2. The van der Waals surface area contributed by atoms with E-state index in [1.807, 2.05) is 45.0 Å². The molecule has 0 atom stereocenters. The Bertz CT molecular complexity index is 704. The first-order valence-corrected chi connectivity index (χ1v) is 8.24. The van der Waals surface area contributed by atoms with Gasteiger partial charge in [0.1, 0.15) is 5.01 Å². The van der Waals surface area contributed by atoms with Gasteiger partial charge in [0, 0.05) is 10.9 Å².